The van der Waals surface area contributed by atoms with Crippen LogP contribution in [0.3, 0.4) is 0 Å². The highest BCUT2D eigenvalue weighted by atomic mass is 35.5. The van der Waals surface area contributed by atoms with Crippen molar-refractivity contribution >= 4 is 34.5 Å². The van der Waals surface area contributed by atoms with Crippen molar-refractivity contribution in [2.24, 2.45) is 0 Å². The molecule has 3 nitrogen and oxygen atoms in total. The van der Waals surface area contributed by atoms with Crippen LogP contribution in [0.4, 0.5) is 5.69 Å². The summed E-state index contributed by atoms with van der Waals surface area (Å²) in [5.74, 6) is -0.0379. The number of halogens is 1. The molecule has 0 saturated carbocycles. The van der Waals surface area contributed by atoms with Crippen molar-refractivity contribution in [2.75, 3.05) is 5.32 Å². The molecule has 0 aliphatic heterocycles. The van der Waals surface area contributed by atoms with Gasteiger partial charge in [-0.05, 0) is 38.1 Å². The number of benzene rings is 1. The maximum Gasteiger partial charge on any atom is 0.229 e. The van der Waals surface area contributed by atoms with Gasteiger partial charge < -0.3 is 5.32 Å². The van der Waals surface area contributed by atoms with E-state index in [4.69, 9.17) is 11.6 Å². The number of carbonyl (C=O) groups is 1. The molecule has 94 valence electrons. The summed E-state index contributed by atoms with van der Waals surface area (Å²) in [4.78, 5) is 17.2. The van der Waals surface area contributed by atoms with Gasteiger partial charge in [-0.15, -0.1) is 11.3 Å². The van der Waals surface area contributed by atoms with Crippen molar-refractivity contribution in [1.29, 1.82) is 0 Å². The van der Waals surface area contributed by atoms with Gasteiger partial charge in [-0.2, -0.15) is 0 Å². The van der Waals surface area contributed by atoms with Gasteiger partial charge in [-0.25, -0.2) is 4.98 Å². The third kappa shape index (κ3) is 3.31. The fourth-order valence-electron chi connectivity index (χ4n) is 1.62. The van der Waals surface area contributed by atoms with E-state index in [-0.39, 0.29) is 5.91 Å². The molecule has 2 aromatic rings. The molecule has 0 unspecified atom stereocenters. The summed E-state index contributed by atoms with van der Waals surface area (Å²) in [6.07, 6.45) is 0.361. The molecular formula is C13H13ClN2OS. The standard InChI is InChI=1S/C13H13ClN2OS/c1-8-12(18-9(2)15-8)7-13(17)16-11-5-3-10(14)4-6-11/h3-6H,7H2,1-2H3,(H,16,17). The number of nitrogens with one attached hydrogen (secondary N) is 1. The Bertz CT molecular complexity index is 563. The third-order valence-electron chi connectivity index (χ3n) is 2.45. The van der Waals surface area contributed by atoms with Gasteiger partial charge in [0.1, 0.15) is 0 Å². The molecule has 0 fully saturated rings. The van der Waals surface area contributed by atoms with Crippen molar-refractivity contribution in [1.82, 2.24) is 4.98 Å². The number of amides is 1. The number of rotatable bonds is 3. The second-order valence-corrected chi connectivity index (χ2v) is 5.70. The summed E-state index contributed by atoms with van der Waals surface area (Å²) < 4.78 is 0. The number of thiazole rings is 1. The van der Waals surface area contributed by atoms with E-state index >= 15 is 0 Å². The fraction of sp³-hybridized carbons (Fsp3) is 0.231. The van der Waals surface area contributed by atoms with Gasteiger partial charge in [0, 0.05) is 15.6 Å². The Morgan fingerprint density at radius 3 is 2.56 bits per heavy atom. The lowest BCUT2D eigenvalue weighted by Gasteiger charge is -2.04. The molecule has 2 rings (SSSR count). The average molecular weight is 281 g/mol. The SMILES string of the molecule is Cc1nc(C)c(CC(=O)Nc2ccc(Cl)cc2)s1. The van der Waals surface area contributed by atoms with E-state index < -0.39 is 0 Å². The number of anilines is 1. The predicted molar refractivity (Wildman–Crippen MR) is 75.4 cm³/mol. The average Bonchev–Trinajstić information content (AvgIpc) is 2.61. The molecule has 0 saturated heterocycles. The summed E-state index contributed by atoms with van der Waals surface area (Å²) in [6.45, 7) is 3.87. The Morgan fingerprint density at radius 2 is 2.00 bits per heavy atom. The molecule has 1 N–H and O–H groups in total. The van der Waals surface area contributed by atoms with E-state index in [9.17, 15) is 4.79 Å². The molecule has 1 heterocycles. The van der Waals surface area contributed by atoms with Crippen LogP contribution in [0, 0.1) is 13.8 Å². The van der Waals surface area contributed by atoms with Crippen LogP contribution in [-0.2, 0) is 11.2 Å². The summed E-state index contributed by atoms with van der Waals surface area (Å²) in [6, 6.07) is 7.06. The first-order valence-corrected chi connectivity index (χ1v) is 6.72. The Kier molecular flexibility index (Phi) is 3.99. The van der Waals surface area contributed by atoms with Crippen molar-refractivity contribution < 1.29 is 4.79 Å². The van der Waals surface area contributed by atoms with Gasteiger partial charge >= 0.3 is 0 Å². The number of aromatic nitrogens is 1. The lowest BCUT2D eigenvalue weighted by molar-refractivity contribution is -0.115. The molecule has 1 aromatic heterocycles. The Labute approximate surface area is 115 Å². The smallest absolute Gasteiger partial charge is 0.229 e. The van der Waals surface area contributed by atoms with E-state index in [2.05, 4.69) is 10.3 Å². The molecule has 0 bridgehead atoms. The van der Waals surface area contributed by atoms with Gasteiger partial charge in [0.15, 0.2) is 0 Å². The second-order valence-electron chi connectivity index (χ2n) is 3.97. The topological polar surface area (TPSA) is 42.0 Å². The number of nitrogens with zero attached hydrogens (tertiary/aromatic N) is 1. The molecule has 1 aromatic carbocycles. The molecule has 5 heteroatoms. The number of aryl methyl sites for hydroxylation is 2. The first-order valence-electron chi connectivity index (χ1n) is 5.53. The van der Waals surface area contributed by atoms with E-state index in [1.54, 1.807) is 35.6 Å². The molecule has 0 aliphatic rings. The van der Waals surface area contributed by atoms with E-state index in [1.165, 1.54) is 0 Å². The van der Waals surface area contributed by atoms with Gasteiger partial charge in [0.05, 0.1) is 17.1 Å². The van der Waals surface area contributed by atoms with Crippen molar-refractivity contribution in [3.63, 3.8) is 0 Å². The van der Waals surface area contributed by atoms with Crippen LogP contribution in [0.2, 0.25) is 5.02 Å². The number of hydrogen-bond acceptors (Lipinski definition) is 3. The van der Waals surface area contributed by atoms with Gasteiger partial charge in [0.2, 0.25) is 5.91 Å². The molecule has 1 amide bonds. The lowest BCUT2D eigenvalue weighted by Crippen LogP contribution is -2.14. The summed E-state index contributed by atoms with van der Waals surface area (Å²) in [5, 5.41) is 4.48. The van der Waals surface area contributed by atoms with Crippen LogP contribution < -0.4 is 5.32 Å². The Hall–Kier alpha value is -1.39. The normalized spacial score (nSPS) is 10.4. The summed E-state index contributed by atoms with van der Waals surface area (Å²) >= 11 is 7.34. The van der Waals surface area contributed by atoms with Crippen LogP contribution in [0.15, 0.2) is 24.3 Å². The highest BCUT2D eigenvalue weighted by Gasteiger charge is 2.10. The second kappa shape index (κ2) is 5.50. The maximum absolute atomic E-state index is 11.9. The van der Waals surface area contributed by atoms with Gasteiger partial charge in [0.25, 0.3) is 0 Å². The largest absolute Gasteiger partial charge is 0.326 e. The minimum Gasteiger partial charge on any atom is -0.326 e. The van der Waals surface area contributed by atoms with Crippen LogP contribution in [0.1, 0.15) is 15.6 Å². The Balaban J connectivity index is 2.01. The van der Waals surface area contributed by atoms with Crippen molar-refractivity contribution in [2.45, 2.75) is 20.3 Å². The first-order chi connectivity index (χ1) is 8.54. The highest BCUT2D eigenvalue weighted by molar-refractivity contribution is 7.11. The molecule has 18 heavy (non-hydrogen) atoms. The zero-order chi connectivity index (χ0) is 13.1. The molecular weight excluding hydrogens is 268 g/mol. The first kappa shape index (κ1) is 13.1. The van der Waals surface area contributed by atoms with E-state index in [1.807, 2.05) is 13.8 Å². The maximum atomic E-state index is 11.9. The number of carbonyl (C=O) groups excluding carboxylic acids is 1. The molecule has 0 radical (unpaired) electrons. The minimum absolute atomic E-state index is 0.0379. The van der Waals surface area contributed by atoms with E-state index in [0.29, 0.717) is 11.4 Å². The molecule has 0 atom stereocenters. The quantitative estimate of drug-likeness (QED) is 0.933. The van der Waals surface area contributed by atoms with Crippen LogP contribution in [0.5, 0.6) is 0 Å². The monoisotopic (exact) mass is 280 g/mol. The van der Waals surface area contributed by atoms with Crippen LogP contribution in [-0.4, -0.2) is 10.9 Å². The van der Waals surface area contributed by atoms with Crippen molar-refractivity contribution in [3.8, 4) is 0 Å². The van der Waals surface area contributed by atoms with E-state index in [0.717, 1.165) is 21.3 Å². The zero-order valence-corrected chi connectivity index (χ0v) is 11.7. The molecule has 0 spiro atoms. The fourth-order valence-corrected chi connectivity index (χ4v) is 2.68. The predicted octanol–water partition coefficient (Wildman–Crippen LogP) is 3.59. The summed E-state index contributed by atoms with van der Waals surface area (Å²) in [5.41, 5.74) is 1.69. The lowest BCUT2D eigenvalue weighted by atomic mass is 10.2. The number of hydrogen-bond donors (Lipinski definition) is 1. The zero-order valence-electron chi connectivity index (χ0n) is 10.2. The van der Waals surface area contributed by atoms with Crippen LogP contribution >= 0.6 is 22.9 Å². The van der Waals surface area contributed by atoms with Gasteiger partial charge in [-0.3, -0.25) is 4.79 Å². The summed E-state index contributed by atoms with van der Waals surface area (Å²) in [7, 11) is 0. The molecule has 0 aliphatic carbocycles. The van der Waals surface area contributed by atoms with Gasteiger partial charge in [-0.1, -0.05) is 11.6 Å². The Morgan fingerprint density at radius 1 is 1.33 bits per heavy atom. The van der Waals surface area contributed by atoms with Crippen LogP contribution in [0.25, 0.3) is 0 Å². The highest BCUT2D eigenvalue weighted by Crippen LogP contribution is 2.19. The third-order valence-corrected chi connectivity index (χ3v) is 3.77. The van der Waals surface area contributed by atoms with Crippen molar-refractivity contribution in [3.05, 3.63) is 44.9 Å². The minimum atomic E-state index is -0.0379.